The number of Topliss-reactive ketones (excluding diaryl/α,β-unsaturated/α-hetero) is 1. The number of hydrogen-bond acceptors (Lipinski definition) is 4. The van der Waals surface area contributed by atoms with E-state index in [0.29, 0.717) is 0 Å². The second kappa shape index (κ2) is 5.34. The van der Waals surface area contributed by atoms with Crippen LogP contribution in [0.3, 0.4) is 0 Å². The Hall–Kier alpha value is -0.320. The number of benzene rings is 1. The fourth-order valence-electron chi connectivity index (χ4n) is 1.64. The molecule has 16 heavy (non-hydrogen) atoms. The molecule has 0 aliphatic carbocycles. The van der Waals surface area contributed by atoms with E-state index in [9.17, 15) is 4.79 Å². The molecule has 0 spiro atoms. The minimum atomic E-state index is 0.202. The Morgan fingerprint density at radius 1 is 1.25 bits per heavy atom. The molecule has 84 valence electrons. The van der Waals surface area contributed by atoms with Gasteiger partial charge >= 0.3 is 0 Å². The number of carbonyl (C=O) groups excluding carboxylic acids is 1. The van der Waals surface area contributed by atoms with Gasteiger partial charge in [-0.05, 0) is 24.6 Å². The molecule has 1 aromatic rings. The van der Waals surface area contributed by atoms with Gasteiger partial charge in [-0.1, -0.05) is 12.1 Å². The molecule has 1 aliphatic rings. The first-order valence-corrected chi connectivity index (χ1v) is 8.29. The molecule has 1 aliphatic heterocycles. The van der Waals surface area contributed by atoms with Crippen molar-refractivity contribution in [1.29, 1.82) is 0 Å². The summed E-state index contributed by atoms with van der Waals surface area (Å²) in [7, 11) is 0. The van der Waals surface area contributed by atoms with Crippen LogP contribution in [-0.4, -0.2) is 24.0 Å². The van der Waals surface area contributed by atoms with Gasteiger partial charge in [-0.15, -0.1) is 35.3 Å². The molecule has 0 saturated carbocycles. The Balaban J connectivity index is 2.46. The van der Waals surface area contributed by atoms with Crippen LogP contribution in [0.25, 0.3) is 0 Å². The zero-order valence-electron chi connectivity index (χ0n) is 9.15. The Labute approximate surface area is 108 Å². The van der Waals surface area contributed by atoms with Crippen LogP contribution in [0.5, 0.6) is 0 Å². The van der Waals surface area contributed by atoms with Gasteiger partial charge in [-0.25, -0.2) is 0 Å². The number of fused-ring (bicyclic) bond motifs is 1. The Morgan fingerprint density at radius 3 is 2.62 bits per heavy atom. The summed E-state index contributed by atoms with van der Waals surface area (Å²) in [4.78, 5) is 13.4. The van der Waals surface area contributed by atoms with Gasteiger partial charge < -0.3 is 0 Å². The molecule has 0 amide bonds. The van der Waals surface area contributed by atoms with E-state index in [0.717, 1.165) is 26.0 Å². The van der Waals surface area contributed by atoms with Gasteiger partial charge in [0, 0.05) is 26.0 Å². The van der Waals surface area contributed by atoms with Crippen LogP contribution in [0.1, 0.15) is 10.4 Å². The van der Waals surface area contributed by atoms with Crippen molar-refractivity contribution in [3.8, 4) is 0 Å². The van der Waals surface area contributed by atoms with Crippen LogP contribution in [0.4, 0.5) is 0 Å². The summed E-state index contributed by atoms with van der Waals surface area (Å²) in [6, 6.07) is 7.85. The highest BCUT2D eigenvalue weighted by molar-refractivity contribution is 8.21. The predicted octanol–water partition coefficient (Wildman–Crippen LogP) is 3.91. The standard InChI is InChI=1S/C12H12OS3/c1-14-12(15-2)9-7-16-10-6-4-3-5-8(10)11(9)13/h3-6H,7H2,1-2H3. The molecule has 2 rings (SSSR count). The van der Waals surface area contributed by atoms with Gasteiger partial charge in [-0.3, -0.25) is 4.79 Å². The largest absolute Gasteiger partial charge is 0.289 e. The van der Waals surface area contributed by atoms with Gasteiger partial charge in [0.25, 0.3) is 0 Å². The summed E-state index contributed by atoms with van der Waals surface area (Å²) >= 11 is 5.08. The highest BCUT2D eigenvalue weighted by atomic mass is 32.2. The molecule has 0 radical (unpaired) electrons. The Kier molecular flexibility index (Phi) is 4.05. The fourth-order valence-corrected chi connectivity index (χ4v) is 4.38. The van der Waals surface area contributed by atoms with Crippen LogP contribution in [-0.2, 0) is 0 Å². The summed E-state index contributed by atoms with van der Waals surface area (Å²) in [5, 5.41) is 0. The van der Waals surface area contributed by atoms with Crippen molar-refractivity contribution in [3.63, 3.8) is 0 Å². The molecule has 1 aromatic carbocycles. The second-order valence-corrected chi connectivity index (χ2v) is 6.20. The van der Waals surface area contributed by atoms with Crippen LogP contribution >= 0.6 is 35.3 Å². The van der Waals surface area contributed by atoms with E-state index in [1.807, 2.05) is 36.8 Å². The minimum absolute atomic E-state index is 0.202. The zero-order chi connectivity index (χ0) is 11.5. The zero-order valence-corrected chi connectivity index (χ0v) is 11.6. The van der Waals surface area contributed by atoms with Crippen molar-refractivity contribution in [3.05, 3.63) is 39.6 Å². The van der Waals surface area contributed by atoms with Crippen LogP contribution in [0.15, 0.2) is 39.0 Å². The number of rotatable bonds is 2. The van der Waals surface area contributed by atoms with E-state index in [1.165, 1.54) is 0 Å². The molecule has 0 fully saturated rings. The summed E-state index contributed by atoms with van der Waals surface area (Å²) in [5.74, 6) is 1.00. The average Bonchev–Trinajstić information content (AvgIpc) is 2.34. The SMILES string of the molecule is CSC(SC)=C1CSc2ccccc2C1=O. The topological polar surface area (TPSA) is 17.1 Å². The second-order valence-electron chi connectivity index (χ2n) is 3.29. The maximum atomic E-state index is 12.3. The lowest BCUT2D eigenvalue weighted by Crippen LogP contribution is -2.13. The first-order valence-electron chi connectivity index (χ1n) is 4.85. The van der Waals surface area contributed by atoms with Gasteiger partial charge in [0.15, 0.2) is 5.78 Å². The smallest absolute Gasteiger partial charge is 0.192 e. The third kappa shape index (κ3) is 2.19. The van der Waals surface area contributed by atoms with Gasteiger partial charge in [0.2, 0.25) is 0 Å². The first kappa shape index (κ1) is 12.1. The van der Waals surface area contributed by atoms with Crippen LogP contribution in [0, 0.1) is 0 Å². The lowest BCUT2D eigenvalue weighted by Gasteiger charge is -2.18. The van der Waals surface area contributed by atoms with Crippen LogP contribution < -0.4 is 0 Å². The van der Waals surface area contributed by atoms with E-state index in [4.69, 9.17) is 0 Å². The molecule has 0 unspecified atom stereocenters. The maximum absolute atomic E-state index is 12.3. The predicted molar refractivity (Wildman–Crippen MR) is 75.6 cm³/mol. The fraction of sp³-hybridized carbons (Fsp3) is 0.250. The van der Waals surface area contributed by atoms with Crippen molar-refractivity contribution in [2.45, 2.75) is 4.90 Å². The van der Waals surface area contributed by atoms with Crippen molar-refractivity contribution in [2.75, 3.05) is 18.3 Å². The number of thioether (sulfide) groups is 3. The lowest BCUT2D eigenvalue weighted by molar-refractivity contribution is 0.103. The Morgan fingerprint density at radius 2 is 1.94 bits per heavy atom. The first-order chi connectivity index (χ1) is 7.77. The van der Waals surface area contributed by atoms with Crippen molar-refractivity contribution < 1.29 is 4.79 Å². The monoisotopic (exact) mass is 268 g/mol. The highest BCUT2D eigenvalue weighted by Gasteiger charge is 2.24. The quantitative estimate of drug-likeness (QED) is 0.756. The molecule has 4 heteroatoms. The molecule has 1 nitrogen and oxygen atoms in total. The number of ketones is 1. The molecular formula is C12H12OS3. The molecule has 1 heterocycles. The molecular weight excluding hydrogens is 256 g/mol. The summed E-state index contributed by atoms with van der Waals surface area (Å²) < 4.78 is 1.15. The maximum Gasteiger partial charge on any atom is 0.192 e. The average molecular weight is 268 g/mol. The van der Waals surface area contributed by atoms with Crippen molar-refractivity contribution >= 4 is 41.1 Å². The third-order valence-electron chi connectivity index (χ3n) is 2.39. The van der Waals surface area contributed by atoms with Gasteiger partial charge in [0.1, 0.15) is 0 Å². The van der Waals surface area contributed by atoms with E-state index in [2.05, 4.69) is 0 Å². The van der Waals surface area contributed by atoms with E-state index >= 15 is 0 Å². The third-order valence-corrected chi connectivity index (χ3v) is 5.73. The van der Waals surface area contributed by atoms with E-state index in [1.54, 1.807) is 35.3 Å². The number of hydrogen-bond donors (Lipinski definition) is 0. The van der Waals surface area contributed by atoms with Crippen molar-refractivity contribution in [1.82, 2.24) is 0 Å². The molecule has 0 aromatic heterocycles. The van der Waals surface area contributed by atoms with Crippen molar-refractivity contribution in [2.24, 2.45) is 0 Å². The highest BCUT2D eigenvalue weighted by Crippen LogP contribution is 2.38. The molecule has 0 atom stereocenters. The lowest BCUT2D eigenvalue weighted by atomic mass is 10.1. The van der Waals surface area contributed by atoms with Gasteiger partial charge in [-0.2, -0.15) is 0 Å². The normalized spacial score (nSPS) is 14.9. The minimum Gasteiger partial charge on any atom is -0.289 e. The number of carbonyl (C=O) groups is 1. The molecule has 0 N–H and O–H groups in total. The summed E-state index contributed by atoms with van der Waals surface area (Å²) in [6.45, 7) is 0. The molecule has 0 saturated heterocycles. The van der Waals surface area contributed by atoms with E-state index < -0.39 is 0 Å². The van der Waals surface area contributed by atoms with Crippen LogP contribution in [0.2, 0.25) is 0 Å². The van der Waals surface area contributed by atoms with E-state index in [-0.39, 0.29) is 5.78 Å². The molecule has 0 bridgehead atoms. The summed E-state index contributed by atoms with van der Waals surface area (Å²) in [6.07, 6.45) is 4.05. The Bertz CT molecular complexity index is 445. The van der Waals surface area contributed by atoms with Gasteiger partial charge in [0.05, 0.1) is 0 Å². The summed E-state index contributed by atoms with van der Waals surface area (Å²) in [5.41, 5.74) is 1.82.